The molecule has 0 radical (unpaired) electrons. The van der Waals surface area contributed by atoms with Gasteiger partial charge in [-0.1, -0.05) is 11.6 Å². The molecule has 0 aliphatic rings. The molecule has 2 rings (SSSR count). The Morgan fingerprint density at radius 1 is 1.40 bits per heavy atom. The molecule has 4 nitrogen and oxygen atoms in total. The van der Waals surface area contributed by atoms with Crippen molar-refractivity contribution in [2.24, 2.45) is 0 Å². The van der Waals surface area contributed by atoms with Gasteiger partial charge in [0.05, 0.1) is 16.1 Å². The molecule has 0 saturated carbocycles. The van der Waals surface area contributed by atoms with Crippen LogP contribution >= 0.6 is 27.5 Å². The number of carboxylic acids is 1. The highest BCUT2D eigenvalue weighted by atomic mass is 79.9. The van der Waals surface area contributed by atoms with Crippen LogP contribution in [0.4, 0.5) is 13.2 Å². The van der Waals surface area contributed by atoms with Crippen LogP contribution in [0.25, 0.3) is 5.82 Å². The van der Waals surface area contributed by atoms with Crippen LogP contribution in [0.15, 0.2) is 29.1 Å². The highest BCUT2D eigenvalue weighted by molar-refractivity contribution is 9.10. The van der Waals surface area contributed by atoms with E-state index in [-0.39, 0.29) is 10.8 Å². The molecule has 1 N–H and O–H groups in total. The Morgan fingerprint density at radius 3 is 2.50 bits per heavy atom. The van der Waals surface area contributed by atoms with E-state index >= 15 is 0 Å². The zero-order valence-corrected chi connectivity index (χ0v) is 11.8. The quantitative estimate of drug-likeness (QED) is 0.870. The highest BCUT2D eigenvalue weighted by Gasteiger charge is 2.37. The minimum absolute atomic E-state index is 0.00728. The summed E-state index contributed by atoms with van der Waals surface area (Å²) in [5, 5.41) is 8.91. The highest BCUT2D eigenvalue weighted by Crippen LogP contribution is 2.34. The number of aromatic nitrogens is 2. The van der Waals surface area contributed by atoms with E-state index in [1.807, 2.05) is 0 Å². The lowest BCUT2D eigenvalue weighted by Gasteiger charge is -2.05. The maximum atomic E-state index is 12.8. The Kier molecular flexibility index (Phi) is 3.79. The summed E-state index contributed by atoms with van der Waals surface area (Å²) < 4.78 is 39.8. The number of rotatable bonds is 2. The van der Waals surface area contributed by atoms with Crippen molar-refractivity contribution in [3.8, 4) is 5.82 Å². The summed E-state index contributed by atoms with van der Waals surface area (Å²) in [4.78, 5) is 14.7. The largest absolute Gasteiger partial charge is 0.478 e. The molecule has 0 aliphatic heterocycles. The van der Waals surface area contributed by atoms with E-state index in [0.717, 1.165) is 10.8 Å². The first-order valence-corrected chi connectivity index (χ1v) is 6.21. The molecule has 0 atom stereocenters. The lowest BCUT2D eigenvalue weighted by molar-refractivity contribution is -0.138. The van der Waals surface area contributed by atoms with Crippen molar-refractivity contribution in [1.29, 1.82) is 0 Å². The number of carbonyl (C=O) groups is 1. The van der Waals surface area contributed by atoms with Gasteiger partial charge < -0.3 is 9.67 Å². The molecule has 0 amide bonds. The van der Waals surface area contributed by atoms with E-state index < -0.39 is 23.3 Å². The molecule has 0 unspecified atom stereocenters. The average molecular weight is 370 g/mol. The first-order chi connectivity index (χ1) is 9.20. The summed E-state index contributed by atoms with van der Waals surface area (Å²) in [6.45, 7) is 0. The van der Waals surface area contributed by atoms with Gasteiger partial charge in [-0.05, 0) is 22.0 Å². The van der Waals surface area contributed by atoms with Crippen molar-refractivity contribution in [3.63, 3.8) is 0 Å². The first-order valence-electron chi connectivity index (χ1n) is 5.04. The molecule has 0 saturated heterocycles. The zero-order chi connectivity index (χ0) is 15.1. The molecule has 2 aromatic rings. The molecule has 0 spiro atoms. The summed E-state index contributed by atoms with van der Waals surface area (Å²) in [7, 11) is 0. The SMILES string of the molecule is O=C(O)c1cn(-c2ncc(Br)cc2Cl)cc1C(F)(F)F. The molecule has 9 heteroatoms. The molecular formula is C11H5BrClF3N2O2. The molecule has 2 heterocycles. The van der Waals surface area contributed by atoms with E-state index in [2.05, 4.69) is 20.9 Å². The van der Waals surface area contributed by atoms with Crippen molar-refractivity contribution < 1.29 is 23.1 Å². The summed E-state index contributed by atoms with van der Waals surface area (Å²) in [5.74, 6) is -1.67. The van der Waals surface area contributed by atoms with Gasteiger partial charge in [0.25, 0.3) is 0 Å². The van der Waals surface area contributed by atoms with Crippen LogP contribution in [-0.2, 0) is 6.18 Å². The molecule has 0 aliphatic carbocycles. The van der Waals surface area contributed by atoms with Crippen LogP contribution in [0.5, 0.6) is 0 Å². The Labute approximate surface area is 123 Å². The van der Waals surface area contributed by atoms with Gasteiger partial charge >= 0.3 is 12.1 Å². The second-order valence-corrected chi connectivity index (χ2v) is 5.08. The summed E-state index contributed by atoms with van der Waals surface area (Å²) in [5.41, 5.74) is -2.12. The average Bonchev–Trinajstić information content (AvgIpc) is 2.73. The number of pyridine rings is 1. The van der Waals surface area contributed by atoms with Gasteiger partial charge in [-0.3, -0.25) is 0 Å². The van der Waals surface area contributed by atoms with E-state index in [0.29, 0.717) is 10.7 Å². The Bertz CT molecular complexity index is 685. The predicted octanol–water partition coefficient (Wildman–Crippen LogP) is 4.01. The Hall–Kier alpha value is -1.54. The number of carboxylic acid groups (broad SMARTS) is 1. The second kappa shape index (κ2) is 5.10. The Morgan fingerprint density at radius 2 is 2.05 bits per heavy atom. The van der Waals surface area contributed by atoms with Crippen molar-refractivity contribution in [3.05, 3.63) is 45.3 Å². The van der Waals surface area contributed by atoms with Gasteiger partial charge in [0.1, 0.15) is 0 Å². The molecule has 0 aromatic carbocycles. The van der Waals surface area contributed by atoms with Gasteiger partial charge in [0, 0.05) is 23.1 Å². The summed E-state index contributed by atoms with van der Waals surface area (Å²) in [6.07, 6.45) is -1.96. The van der Waals surface area contributed by atoms with Gasteiger partial charge in [-0.15, -0.1) is 0 Å². The van der Waals surface area contributed by atoms with Crippen LogP contribution in [0, 0.1) is 0 Å². The number of hydrogen-bond acceptors (Lipinski definition) is 2. The van der Waals surface area contributed by atoms with Gasteiger partial charge in [0.2, 0.25) is 0 Å². The minimum Gasteiger partial charge on any atom is -0.478 e. The van der Waals surface area contributed by atoms with E-state index in [9.17, 15) is 18.0 Å². The molecular weight excluding hydrogens is 364 g/mol. The normalized spacial score (nSPS) is 11.7. The number of nitrogens with zero attached hydrogens (tertiary/aromatic N) is 2. The van der Waals surface area contributed by atoms with E-state index in [4.69, 9.17) is 16.7 Å². The smallest absolute Gasteiger partial charge is 0.418 e. The van der Waals surface area contributed by atoms with Crippen molar-refractivity contribution in [1.82, 2.24) is 9.55 Å². The monoisotopic (exact) mass is 368 g/mol. The summed E-state index contributed by atoms with van der Waals surface area (Å²) in [6, 6.07) is 1.44. The van der Waals surface area contributed by atoms with E-state index in [1.54, 1.807) is 0 Å². The third-order valence-corrected chi connectivity index (χ3v) is 3.11. The maximum absolute atomic E-state index is 12.8. The van der Waals surface area contributed by atoms with E-state index in [1.165, 1.54) is 12.3 Å². The van der Waals surface area contributed by atoms with Gasteiger partial charge in [0.15, 0.2) is 5.82 Å². The fourth-order valence-electron chi connectivity index (χ4n) is 1.57. The maximum Gasteiger partial charge on any atom is 0.418 e. The first kappa shape index (κ1) is 14.9. The van der Waals surface area contributed by atoms with Gasteiger partial charge in [-0.2, -0.15) is 13.2 Å². The van der Waals surface area contributed by atoms with Gasteiger partial charge in [-0.25, -0.2) is 9.78 Å². The van der Waals surface area contributed by atoms with Crippen molar-refractivity contribution >= 4 is 33.5 Å². The molecule has 106 valence electrons. The standard InChI is InChI=1S/C11H5BrClF3N2O2/c12-5-1-8(13)9(17-2-5)18-3-6(10(19)20)7(4-18)11(14,15)16/h1-4H,(H,19,20). The molecule has 2 aromatic heterocycles. The second-order valence-electron chi connectivity index (χ2n) is 3.75. The van der Waals surface area contributed by atoms with Crippen LogP contribution in [0.1, 0.15) is 15.9 Å². The zero-order valence-electron chi connectivity index (χ0n) is 9.45. The van der Waals surface area contributed by atoms with Crippen LogP contribution in [0.2, 0.25) is 5.02 Å². The molecule has 0 bridgehead atoms. The molecule has 0 fully saturated rings. The fraction of sp³-hybridized carbons (Fsp3) is 0.0909. The number of hydrogen-bond donors (Lipinski definition) is 1. The Balaban J connectivity index is 2.62. The topological polar surface area (TPSA) is 55.1 Å². The number of aromatic carboxylic acids is 1. The fourth-order valence-corrected chi connectivity index (χ4v) is 2.30. The third kappa shape index (κ3) is 2.80. The number of alkyl halides is 3. The van der Waals surface area contributed by atoms with Crippen LogP contribution < -0.4 is 0 Å². The lowest BCUT2D eigenvalue weighted by Crippen LogP contribution is -2.09. The third-order valence-electron chi connectivity index (χ3n) is 2.40. The molecule has 20 heavy (non-hydrogen) atoms. The van der Waals surface area contributed by atoms with Crippen LogP contribution in [0.3, 0.4) is 0 Å². The lowest BCUT2D eigenvalue weighted by atomic mass is 10.2. The predicted molar refractivity (Wildman–Crippen MR) is 68.2 cm³/mol. The number of halogens is 5. The van der Waals surface area contributed by atoms with Crippen molar-refractivity contribution in [2.75, 3.05) is 0 Å². The summed E-state index contributed by atoms with van der Waals surface area (Å²) >= 11 is 8.99. The van der Waals surface area contributed by atoms with Crippen molar-refractivity contribution in [2.45, 2.75) is 6.18 Å². The minimum atomic E-state index is -4.78. The van der Waals surface area contributed by atoms with Crippen LogP contribution in [-0.4, -0.2) is 20.6 Å².